The average Bonchev–Trinajstić information content (AvgIpc) is 3.08. The number of carbonyl (C=O) groups is 3. The molecule has 250 valence electrons. The fraction of sp³-hybridized carbons (Fsp3) is 0.382. The van der Waals surface area contributed by atoms with Crippen molar-refractivity contribution in [2.24, 2.45) is 0 Å². The number of piperidine rings is 1. The predicted octanol–water partition coefficient (Wildman–Crippen LogP) is 3.36. The van der Waals surface area contributed by atoms with Crippen LogP contribution in [0.5, 0.6) is 28.7 Å². The maximum absolute atomic E-state index is 13.6. The molecular weight excluding hydrogens is 608 g/mol. The topological polar surface area (TPSA) is 146 Å². The standard InChI is InChI=1S/C34H40N4O9/c1-42-13-14-45-26-16-23-17-27(18-26)47-25-6-4-5-22(15-25)21-46-31-20-38(33(40)28-8-7-24(43-2)19-30(28)44-3)12-9-29(31)37-34(41)36-11-10-35-32(23)39/h4-8,15-19,29,31H,9-14,20-21H2,1-3H3,(H,35,39)(H2,36,37,41)/t29-,31-/m0/s1. The van der Waals surface area contributed by atoms with Gasteiger partial charge in [-0.25, -0.2) is 4.79 Å². The van der Waals surface area contributed by atoms with Gasteiger partial charge in [-0.3, -0.25) is 9.59 Å². The summed E-state index contributed by atoms with van der Waals surface area (Å²) >= 11 is 0. The van der Waals surface area contributed by atoms with Crippen LogP contribution in [0, 0.1) is 0 Å². The molecule has 4 bridgehead atoms. The van der Waals surface area contributed by atoms with Crippen molar-refractivity contribution in [1.29, 1.82) is 0 Å². The third kappa shape index (κ3) is 8.83. The SMILES string of the molecule is COCCOc1cc2cc(c1)C(=O)NCCNC(=O)N[C@H]1CCN(C(=O)c3ccc(OC)cc3OC)C[C@@H]1OCc1cccc(c1)O2. The zero-order chi connectivity index (χ0) is 33.2. The molecule has 47 heavy (non-hydrogen) atoms. The van der Waals surface area contributed by atoms with Crippen LogP contribution in [0.25, 0.3) is 0 Å². The van der Waals surface area contributed by atoms with Crippen molar-refractivity contribution in [2.75, 3.05) is 60.7 Å². The Morgan fingerprint density at radius 1 is 0.915 bits per heavy atom. The Morgan fingerprint density at radius 2 is 1.77 bits per heavy atom. The second-order valence-corrected chi connectivity index (χ2v) is 11.0. The van der Waals surface area contributed by atoms with Gasteiger partial charge in [0, 0.05) is 51.0 Å². The van der Waals surface area contributed by atoms with Gasteiger partial charge in [0.1, 0.15) is 35.4 Å². The van der Waals surface area contributed by atoms with Crippen LogP contribution in [0.1, 0.15) is 32.7 Å². The average molecular weight is 649 g/mol. The maximum atomic E-state index is 13.6. The Bertz CT molecular complexity index is 1570. The molecule has 0 saturated carbocycles. The van der Waals surface area contributed by atoms with Gasteiger partial charge in [-0.05, 0) is 48.4 Å². The molecule has 2 aliphatic heterocycles. The summed E-state index contributed by atoms with van der Waals surface area (Å²) in [4.78, 5) is 41.3. The molecule has 1 fully saturated rings. The van der Waals surface area contributed by atoms with E-state index in [1.54, 1.807) is 61.6 Å². The van der Waals surface area contributed by atoms with Gasteiger partial charge in [0.25, 0.3) is 11.8 Å². The van der Waals surface area contributed by atoms with E-state index in [9.17, 15) is 14.4 Å². The highest BCUT2D eigenvalue weighted by molar-refractivity contribution is 5.97. The number of methoxy groups -OCH3 is 3. The number of nitrogens with zero attached hydrogens (tertiary/aromatic N) is 1. The van der Waals surface area contributed by atoms with Crippen molar-refractivity contribution >= 4 is 17.8 Å². The molecule has 3 N–H and O–H groups in total. The molecule has 2 atom stereocenters. The van der Waals surface area contributed by atoms with Crippen molar-refractivity contribution in [3.8, 4) is 28.7 Å². The van der Waals surface area contributed by atoms with Crippen LogP contribution in [0.4, 0.5) is 4.79 Å². The first kappa shape index (κ1) is 33.4. The van der Waals surface area contributed by atoms with Crippen molar-refractivity contribution in [2.45, 2.75) is 25.2 Å². The molecule has 3 aromatic carbocycles. The molecule has 3 aromatic rings. The number of likely N-dealkylation sites (tertiary alicyclic amines) is 1. The fourth-order valence-electron chi connectivity index (χ4n) is 5.38. The van der Waals surface area contributed by atoms with Gasteiger partial charge in [0.2, 0.25) is 0 Å². The molecule has 13 heteroatoms. The van der Waals surface area contributed by atoms with E-state index in [1.807, 2.05) is 18.2 Å². The van der Waals surface area contributed by atoms with Crippen LogP contribution < -0.4 is 34.9 Å². The molecule has 1 saturated heterocycles. The number of benzene rings is 3. The Labute approximate surface area is 273 Å². The fourth-order valence-corrected chi connectivity index (χ4v) is 5.38. The van der Waals surface area contributed by atoms with E-state index < -0.39 is 12.1 Å². The molecule has 0 aromatic heterocycles. The third-order valence-corrected chi connectivity index (χ3v) is 7.79. The van der Waals surface area contributed by atoms with E-state index in [1.165, 1.54) is 7.11 Å². The van der Waals surface area contributed by atoms with Gasteiger partial charge >= 0.3 is 6.03 Å². The lowest BCUT2D eigenvalue weighted by Gasteiger charge is -2.39. The Morgan fingerprint density at radius 3 is 2.57 bits per heavy atom. The molecule has 0 unspecified atom stereocenters. The monoisotopic (exact) mass is 648 g/mol. The van der Waals surface area contributed by atoms with Gasteiger partial charge in [-0.2, -0.15) is 0 Å². The van der Waals surface area contributed by atoms with Crippen molar-refractivity contribution < 1.29 is 42.8 Å². The van der Waals surface area contributed by atoms with E-state index >= 15 is 0 Å². The number of nitrogens with one attached hydrogen (secondary N) is 3. The van der Waals surface area contributed by atoms with Crippen LogP contribution in [-0.4, -0.2) is 95.6 Å². The molecular formula is C34H40N4O9. The summed E-state index contributed by atoms with van der Waals surface area (Å²) in [6.45, 7) is 1.89. The molecule has 13 nitrogen and oxygen atoms in total. The molecule has 5 rings (SSSR count). The summed E-state index contributed by atoms with van der Waals surface area (Å²) in [5.74, 6) is 1.82. The highest BCUT2D eigenvalue weighted by atomic mass is 16.5. The van der Waals surface area contributed by atoms with E-state index in [0.29, 0.717) is 66.1 Å². The van der Waals surface area contributed by atoms with Gasteiger partial charge in [-0.1, -0.05) is 12.1 Å². The Hall–Kier alpha value is -5.01. The van der Waals surface area contributed by atoms with Crippen LogP contribution in [0.15, 0.2) is 60.7 Å². The van der Waals surface area contributed by atoms with Gasteiger partial charge in [0.05, 0.1) is 45.1 Å². The summed E-state index contributed by atoms with van der Waals surface area (Å²) < 4.78 is 34.1. The second-order valence-electron chi connectivity index (χ2n) is 11.0. The predicted molar refractivity (Wildman–Crippen MR) is 172 cm³/mol. The van der Waals surface area contributed by atoms with E-state index in [4.69, 9.17) is 28.4 Å². The summed E-state index contributed by atoms with van der Waals surface area (Å²) in [6.07, 6.45) is -0.0552. The van der Waals surface area contributed by atoms with E-state index in [0.717, 1.165) is 5.56 Å². The summed E-state index contributed by atoms with van der Waals surface area (Å²) in [7, 11) is 4.63. The maximum Gasteiger partial charge on any atom is 0.315 e. The van der Waals surface area contributed by atoms with Crippen LogP contribution >= 0.6 is 0 Å². The molecule has 2 aliphatic rings. The van der Waals surface area contributed by atoms with E-state index in [2.05, 4.69) is 16.0 Å². The second kappa shape index (κ2) is 16.0. The van der Waals surface area contributed by atoms with Gasteiger partial charge in [0.15, 0.2) is 0 Å². The van der Waals surface area contributed by atoms with Crippen molar-refractivity contribution in [3.63, 3.8) is 0 Å². The van der Waals surface area contributed by atoms with E-state index in [-0.39, 0.29) is 44.1 Å². The summed E-state index contributed by atoms with van der Waals surface area (Å²) in [5, 5.41) is 8.61. The highest BCUT2D eigenvalue weighted by Crippen LogP contribution is 2.30. The first-order valence-corrected chi connectivity index (χ1v) is 15.4. The minimum Gasteiger partial charge on any atom is -0.497 e. The largest absolute Gasteiger partial charge is 0.497 e. The van der Waals surface area contributed by atoms with Gasteiger partial charge < -0.3 is 49.3 Å². The number of amides is 4. The third-order valence-electron chi connectivity index (χ3n) is 7.79. The number of fused-ring (bicyclic) bond motifs is 5. The lowest BCUT2D eigenvalue weighted by atomic mass is 10.00. The van der Waals surface area contributed by atoms with Crippen molar-refractivity contribution in [1.82, 2.24) is 20.9 Å². The number of ether oxygens (including phenoxy) is 6. The number of urea groups is 1. The molecule has 0 aliphatic carbocycles. The zero-order valence-corrected chi connectivity index (χ0v) is 26.7. The Kier molecular flexibility index (Phi) is 11.4. The van der Waals surface area contributed by atoms with Crippen LogP contribution in [-0.2, 0) is 16.1 Å². The quantitative estimate of drug-likeness (QED) is 0.329. The molecule has 0 radical (unpaired) electrons. The number of carbonyl (C=O) groups excluding carboxylic acids is 3. The Balaban J connectivity index is 1.37. The number of hydrogen-bond acceptors (Lipinski definition) is 9. The van der Waals surface area contributed by atoms with Crippen LogP contribution in [0.2, 0.25) is 0 Å². The normalized spacial score (nSPS) is 18.6. The summed E-state index contributed by atoms with van der Waals surface area (Å²) in [6, 6.07) is 16.6. The lowest BCUT2D eigenvalue weighted by molar-refractivity contribution is -0.0236. The summed E-state index contributed by atoms with van der Waals surface area (Å²) in [5.41, 5.74) is 1.56. The first-order valence-electron chi connectivity index (χ1n) is 15.4. The smallest absolute Gasteiger partial charge is 0.315 e. The van der Waals surface area contributed by atoms with Gasteiger partial charge in [-0.15, -0.1) is 0 Å². The zero-order valence-electron chi connectivity index (χ0n) is 26.7. The highest BCUT2D eigenvalue weighted by Gasteiger charge is 2.34. The molecule has 2 heterocycles. The lowest BCUT2D eigenvalue weighted by Crippen LogP contribution is -2.58. The molecule has 0 spiro atoms. The first-order chi connectivity index (χ1) is 22.9. The minimum absolute atomic E-state index is 0.190. The minimum atomic E-state index is -0.519. The number of rotatable bonds is 7. The molecule has 4 amide bonds. The van der Waals surface area contributed by atoms with Crippen LogP contribution in [0.3, 0.4) is 0 Å². The van der Waals surface area contributed by atoms with Crippen molar-refractivity contribution in [3.05, 3.63) is 77.4 Å². The number of hydrogen-bond donors (Lipinski definition) is 3.